The first kappa shape index (κ1) is 9.61. The normalized spacial score (nSPS) is 28.6. The van der Waals surface area contributed by atoms with E-state index in [4.69, 9.17) is 0 Å². The fourth-order valence-corrected chi connectivity index (χ4v) is 1.94. The lowest BCUT2D eigenvalue weighted by molar-refractivity contribution is -0.146. The van der Waals surface area contributed by atoms with Gasteiger partial charge in [0, 0.05) is 12.6 Å². The Labute approximate surface area is 82.8 Å². The second-order valence-corrected chi connectivity index (χ2v) is 3.79. The molecular weight excluding hydrogens is 182 g/mol. The van der Waals surface area contributed by atoms with Gasteiger partial charge in [-0.1, -0.05) is 0 Å². The second-order valence-electron chi connectivity index (χ2n) is 3.79. The fraction of sp³-hybridized carbons (Fsp3) is 0.778. The largest absolute Gasteiger partial charge is 0.312 e. The molecule has 5 heteroatoms. The average molecular weight is 197 g/mol. The summed E-state index contributed by atoms with van der Waals surface area (Å²) in [6, 6.07) is 0.306. The first-order valence-corrected chi connectivity index (χ1v) is 5.04. The molecule has 0 bridgehead atoms. The van der Waals surface area contributed by atoms with E-state index in [0.717, 1.165) is 19.4 Å². The van der Waals surface area contributed by atoms with Crippen molar-refractivity contribution < 1.29 is 9.59 Å². The maximum absolute atomic E-state index is 11.4. The number of hydrogen-bond donors (Lipinski definition) is 2. The minimum atomic E-state index is -0.102. The van der Waals surface area contributed by atoms with Crippen molar-refractivity contribution in [1.29, 1.82) is 0 Å². The molecule has 0 spiro atoms. The molecule has 0 aromatic heterocycles. The van der Waals surface area contributed by atoms with Crippen molar-refractivity contribution in [2.24, 2.45) is 0 Å². The van der Waals surface area contributed by atoms with Gasteiger partial charge < -0.3 is 5.32 Å². The molecule has 1 atom stereocenters. The van der Waals surface area contributed by atoms with Crippen LogP contribution in [0.4, 0.5) is 0 Å². The Hall–Kier alpha value is -0.940. The van der Waals surface area contributed by atoms with Crippen molar-refractivity contribution >= 4 is 11.8 Å². The number of nitrogens with zero attached hydrogens (tertiary/aromatic N) is 1. The summed E-state index contributed by atoms with van der Waals surface area (Å²) in [6.07, 6.45) is 2.20. The lowest BCUT2D eigenvalue weighted by Crippen LogP contribution is -2.55. The molecule has 14 heavy (non-hydrogen) atoms. The topological polar surface area (TPSA) is 61.4 Å². The number of amides is 2. The van der Waals surface area contributed by atoms with Gasteiger partial charge >= 0.3 is 0 Å². The summed E-state index contributed by atoms with van der Waals surface area (Å²) in [5.74, 6) is -0.204. The number of rotatable bonds is 2. The monoisotopic (exact) mass is 197 g/mol. The summed E-state index contributed by atoms with van der Waals surface area (Å²) in [6.45, 7) is 2.12. The first-order valence-electron chi connectivity index (χ1n) is 5.04. The number of carbonyl (C=O) groups is 2. The number of carbonyl (C=O) groups excluding carboxylic acids is 2. The third-order valence-electron chi connectivity index (χ3n) is 2.72. The molecule has 5 nitrogen and oxygen atoms in total. The summed E-state index contributed by atoms with van der Waals surface area (Å²) < 4.78 is 0. The third-order valence-corrected chi connectivity index (χ3v) is 2.72. The van der Waals surface area contributed by atoms with E-state index in [1.807, 2.05) is 0 Å². The van der Waals surface area contributed by atoms with Gasteiger partial charge in [0.1, 0.15) is 0 Å². The van der Waals surface area contributed by atoms with E-state index in [1.54, 1.807) is 0 Å². The number of nitrogens with one attached hydrogen (secondary N) is 2. The number of hydrogen-bond acceptors (Lipinski definition) is 4. The molecule has 2 heterocycles. The van der Waals surface area contributed by atoms with Gasteiger partial charge in [-0.2, -0.15) is 0 Å². The molecule has 0 aromatic rings. The molecule has 2 N–H and O–H groups in total. The van der Waals surface area contributed by atoms with Gasteiger partial charge in [0.15, 0.2) is 0 Å². The summed E-state index contributed by atoms with van der Waals surface area (Å²) in [4.78, 5) is 24.2. The molecule has 2 saturated heterocycles. The van der Waals surface area contributed by atoms with E-state index in [9.17, 15) is 9.59 Å². The molecule has 2 rings (SSSR count). The Morgan fingerprint density at radius 1 is 1.29 bits per heavy atom. The molecule has 2 fully saturated rings. The van der Waals surface area contributed by atoms with Crippen molar-refractivity contribution in [3.05, 3.63) is 0 Å². The van der Waals surface area contributed by atoms with Crippen LogP contribution in [0.3, 0.4) is 0 Å². The Morgan fingerprint density at radius 2 is 2.00 bits per heavy atom. The van der Waals surface area contributed by atoms with Crippen LogP contribution in [0.1, 0.15) is 12.8 Å². The van der Waals surface area contributed by atoms with Gasteiger partial charge in [-0.25, -0.2) is 0 Å². The minimum absolute atomic E-state index is 0.102. The molecule has 0 radical (unpaired) electrons. The second kappa shape index (κ2) is 4.06. The highest BCUT2D eigenvalue weighted by Gasteiger charge is 2.28. The van der Waals surface area contributed by atoms with Crippen LogP contribution in [0, 0.1) is 0 Å². The quantitative estimate of drug-likeness (QED) is 0.540. The van der Waals surface area contributed by atoms with Gasteiger partial charge in [-0.05, 0) is 19.4 Å². The van der Waals surface area contributed by atoms with Gasteiger partial charge in [0.05, 0.1) is 13.1 Å². The Balaban J connectivity index is 1.93. The van der Waals surface area contributed by atoms with Crippen LogP contribution in [0.5, 0.6) is 0 Å². The first-order chi connectivity index (χ1) is 6.77. The minimum Gasteiger partial charge on any atom is -0.312 e. The third kappa shape index (κ3) is 1.93. The van der Waals surface area contributed by atoms with Gasteiger partial charge in [0.2, 0.25) is 11.8 Å². The molecular formula is C9H15N3O2. The van der Waals surface area contributed by atoms with Crippen molar-refractivity contribution in [2.45, 2.75) is 18.9 Å². The molecule has 2 aliphatic heterocycles. The predicted molar refractivity (Wildman–Crippen MR) is 50.6 cm³/mol. The maximum Gasteiger partial charge on any atom is 0.243 e. The lowest BCUT2D eigenvalue weighted by Gasteiger charge is -2.27. The zero-order valence-corrected chi connectivity index (χ0v) is 8.08. The molecule has 2 amide bonds. The maximum atomic E-state index is 11.4. The van der Waals surface area contributed by atoms with E-state index in [2.05, 4.69) is 10.6 Å². The summed E-state index contributed by atoms with van der Waals surface area (Å²) in [5, 5.41) is 6.06. The SMILES string of the molecule is O=C1CNCC(=O)N1CC1CCCN1. The predicted octanol–water partition coefficient (Wildman–Crippen LogP) is -1.30. The zero-order chi connectivity index (χ0) is 9.97. The van der Waals surface area contributed by atoms with Crippen LogP contribution >= 0.6 is 0 Å². The van der Waals surface area contributed by atoms with Crippen LogP contribution < -0.4 is 10.6 Å². The van der Waals surface area contributed by atoms with E-state index in [-0.39, 0.29) is 11.8 Å². The highest BCUT2D eigenvalue weighted by atomic mass is 16.2. The summed E-state index contributed by atoms with van der Waals surface area (Å²) in [5.41, 5.74) is 0. The number of imide groups is 1. The zero-order valence-electron chi connectivity index (χ0n) is 8.08. The van der Waals surface area contributed by atoms with E-state index < -0.39 is 0 Å². The van der Waals surface area contributed by atoms with Crippen molar-refractivity contribution in [2.75, 3.05) is 26.2 Å². The molecule has 0 aromatic carbocycles. The number of piperazine rings is 1. The van der Waals surface area contributed by atoms with Crippen LogP contribution in [-0.2, 0) is 9.59 Å². The van der Waals surface area contributed by atoms with Crippen LogP contribution in [0.25, 0.3) is 0 Å². The van der Waals surface area contributed by atoms with Gasteiger partial charge in [-0.15, -0.1) is 0 Å². The molecule has 0 saturated carbocycles. The van der Waals surface area contributed by atoms with Gasteiger partial charge in [0.25, 0.3) is 0 Å². The Bertz CT molecular complexity index is 232. The van der Waals surface area contributed by atoms with Crippen LogP contribution in [0.15, 0.2) is 0 Å². The Kier molecular flexibility index (Phi) is 2.79. The van der Waals surface area contributed by atoms with Crippen molar-refractivity contribution in [1.82, 2.24) is 15.5 Å². The molecule has 78 valence electrons. The molecule has 2 aliphatic rings. The van der Waals surface area contributed by atoms with E-state index >= 15 is 0 Å². The van der Waals surface area contributed by atoms with Crippen molar-refractivity contribution in [3.63, 3.8) is 0 Å². The average Bonchev–Trinajstić information content (AvgIpc) is 2.64. The van der Waals surface area contributed by atoms with Crippen LogP contribution in [0.2, 0.25) is 0 Å². The smallest absolute Gasteiger partial charge is 0.243 e. The molecule has 0 aliphatic carbocycles. The highest BCUT2D eigenvalue weighted by molar-refractivity contribution is 5.99. The van der Waals surface area contributed by atoms with Gasteiger partial charge in [-0.3, -0.25) is 19.8 Å². The lowest BCUT2D eigenvalue weighted by atomic mass is 10.2. The standard InChI is InChI=1S/C9H15N3O2/c13-8-4-10-5-9(14)12(8)6-7-2-1-3-11-7/h7,10-11H,1-6H2. The van der Waals surface area contributed by atoms with Crippen LogP contribution in [-0.4, -0.2) is 48.9 Å². The van der Waals surface area contributed by atoms with Crippen molar-refractivity contribution in [3.8, 4) is 0 Å². The highest BCUT2D eigenvalue weighted by Crippen LogP contribution is 2.08. The van der Waals surface area contributed by atoms with E-state index in [0.29, 0.717) is 25.7 Å². The summed E-state index contributed by atoms with van der Waals surface area (Å²) in [7, 11) is 0. The molecule has 1 unspecified atom stereocenters. The summed E-state index contributed by atoms with van der Waals surface area (Å²) >= 11 is 0. The van der Waals surface area contributed by atoms with E-state index in [1.165, 1.54) is 4.90 Å². The fourth-order valence-electron chi connectivity index (χ4n) is 1.94. The Morgan fingerprint density at radius 3 is 2.57 bits per heavy atom.